The summed E-state index contributed by atoms with van der Waals surface area (Å²) in [5.74, 6) is -0.414. The van der Waals surface area contributed by atoms with Crippen molar-refractivity contribution in [2.75, 3.05) is 5.75 Å². The first-order chi connectivity index (χ1) is 12.9. The minimum atomic E-state index is -0.628. The fourth-order valence-corrected chi connectivity index (χ4v) is 4.64. The number of amides is 2. The third-order valence-corrected chi connectivity index (χ3v) is 5.88. The molecule has 7 heteroatoms. The van der Waals surface area contributed by atoms with Gasteiger partial charge in [-0.2, -0.15) is 0 Å². The summed E-state index contributed by atoms with van der Waals surface area (Å²) in [6, 6.07) is 12.1. The number of carbonyl (C=O) groups excluding carboxylic acids is 2. The Bertz CT molecular complexity index is 844. The highest BCUT2D eigenvalue weighted by Crippen LogP contribution is 2.42. The lowest BCUT2D eigenvalue weighted by Crippen LogP contribution is -2.49. The maximum absolute atomic E-state index is 13.3. The molecule has 1 saturated heterocycles. The first kappa shape index (κ1) is 19.7. The van der Waals surface area contributed by atoms with Crippen molar-refractivity contribution < 1.29 is 14.0 Å². The zero-order chi connectivity index (χ0) is 19.6. The van der Waals surface area contributed by atoms with E-state index >= 15 is 0 Å². The van der Waals surface area contributed by atoms with Gasteiger partial charge in [-0.15, -0.1) is 11.8 Å². The largest absolute Gasteiger partial charge is 0.352 e. The molecule has 142 valence electrons. The standard InChI is InChI=1S/C20H20ClFN2O2S/c1-12(2)23-18(25)17-11-27-20(13-7-9-14(22)10-8-13)24(17)19(26)15-5-3-4-6-16(15)21/h3-10,12,17,20H,11H2,1-2H3,(H,23,25)/t17-,20+/m0/s1. The Balaban J connectivity index is 1.99. The Morgan fingerprint density at radius 3 is 2.48 bits per heavy atom. The molecule has 0 spiro atoms. The number of hydrogen-bond acceptors (Lipinski definition) is 3. The zero-order valence-electron chi connectivity index (χ0n) is 15.0. The minimum absolute atomic E-state index is 0.0374. The van der Waals surface area contributed by atoms with E-state index in [9.17, 15) is 14.0 Å². The van der Waals surface area contributed by atoms with E-state index in [2.05, 4.69) is 5.32 Å². The number of thioether (sulfide) groups is 1. The van der Waals surface area contributed by atoms with Crippen LogP contribution in [0.3, 0.4) is 0 Å². The van der Waals surface area contributed by atoms with Crippen LogP contribution in [-0.4, -0.2) is 34.6 Å². The van der Waals surface area contributed by atoms with Crippen LogP contribution in [0.5, 0.6) is 0 Å². The number of rotatable bonds is 4. The molecule has 0 unspecified atom stereocenters. The van der Waals surface area contributed by atoms with Crippen LogP contribution in [0.15, 0.2) is 48.5 Å². The summed E-state index contributed by atoms with van der Waals surface area (Å²) in [7, 11) is 0. The number of nitrogens with zero attached hydrogens (tertiary/aromatic N) is 1. The molecule has 1 fully saturated rings. The third-order valence-electron chi connectivity index (χ3n) is 4.23. The number of nitrogens with one attached hydrogen (secondary N) is 1. The molecular formula is C20H20ClFN2O2S. The minimum Gasteiger partial charge on any atom is -0.352 e. The van der Waals surface area contributed by atoms with Crippen molar-refractivity contribution in [3.05, 3.63) is 70.5 Å². The Morgan fingerprint density at radius 1 is 1.19 bits per heavy atom. The van der Waals surface area contributed by atoms with Gasteiger partial charge >= 0.3 is 0 Å². The molecule has 1 N–H and O–H groups in total. The fourth-order valence-electron chi connectivity index (χ4n) is 3.00. The molecule has 4 nitrogen and oxygen atoms in total. The lowest BCUT2D eigenvalue weighted by Gasteiger charge is -2.30. The van der Waals surface area contributed by atoms with Gasteiger partial charge in [0.25, 0.3) is 5.91 Å². The van der Waals surface area contributed by atoms with Crippen molar-refractivity contribution in [1.82, 2.24) is 10.2 Å². The van der Waals surface area contributed by atoms with Gasteiger partial charge in [0, 0.05) is 11.8 Å². The van der Waals surface area contributed by atoms with Crippen molar-refractivity contribution in [2.45, 2.75) is 31.3 Å². The van der Waals surface area contributed by atoms with Crippen LogP contribution >= 0.6 is 23.4 Å². The van der Waals surface area contributed by atoms with E-state index < -0.39 is 11.4 Å². The van der Waals surface area contributed by atoms with Crippen molar-refractivity contribution in [2.24, 2.45) is 0 Å². The molecule has 2 amide bonds. The molecule has 3 rings (SSSR count). The molecule has 1 heterocycles. The molecule has 27 heavy (non-hydrogen) atoms. The highest BCUT2D eigenvalue weighted by atomic mass is 35.5. The maximum Gasteiger partial charge on any atom is 0.257 e. The van der Waals surface area contributed by atoms with Gasteiger partial charge in [-0.1, -0.05) is 35.9 Å². The van der Waals surface area contributed by atoms with Crippen LogP contribution in [0.25, 0.3) is 0 Å². The van der Waals surface area contributed by atoms with Gasteiger partial charge in [0.2, 0.25) is 5.91 Å². The van der Waals surface area contributed by atoms with Gasteiger partial charge in [0.05, 0.1) is 10.6 Å². The third kappa shape index (κ3) is 4.28. The molecular weight excluding hydrogens is 387 g/mol. The van der Waals surface area contributed by atoms with E-state index in [4.69, 9.17) is 11.6 Å². The smallest absolute Gasteiger partial charge is 0.257 e. The lowest BCUT2D eigenvalue weighted by atomic mass is 10.1. The van der Waals surface area contributed by atoms with Crippen molar-refractivity contribution >= 4 is 35.2 Å². The molecule has 0 bridgehead atoms. The molecule has 2 aromatic rings. The van der Waals surface area contributed by atoms with Gasteiger partial charge in [-0.05, 0) is 43.7 Å². The second-order valence-electron chi connectivity index (χ2n) is 6.61. The summed E-state index contributed by atoms with van der Waals surface area (Å²) in [4.78, 5) is 27.6. The second kappa shape index (κ2) is 8.31. The van der Waals surface area contributed by atoms with Crippen LogP contribution in [0.2, 0.25) is 5.02 Å². The van der Waals surface area contributed by atoms with Crippen LogP contribution < -0.4 is 5.32 Å². The summed E-state index contributed by atoms with van der Waals surface area (Å²) in [6.45, 7) is 3.75. The average molecular weight is 407 g/mol. The molecule has 2 atom stereocenters. The first-order valence-electron chi connectivity index (χ1n) is 8.63. The number of carbonyl (C=O) groups is 2. The summed E-state index contributed by atoms with van der Waals surface area (Å²) >= 11 is 7.70. The summed E-state index contributed by atoms with van der Waals surface area (Å²) in [6.07, 6.45) is 0. The molecule has 2 aromatic carbocycles. The molecule has 1 aliphatic heterocycles. The predicted molar refractivity (Wildman–Crippen MR) is 106 cm³/mol. The molecule has 0 radical (unpaired) electrons. The van der Waals surface area contributed by atoms with Crippen LogP contribution in [0, 0.1) is 5.82 Å². The monoisotopic (exact) mass is 406 g/mol. The maximum atomic E-state index is 13.3. The van der Waals surface area contributed by atoms with E-state index in [0.717, 1.165) is 5.56 Å². The van der Waals surface area contributed by atoms with E-state index in [-0.39, 0.29) is 23.7 Å². The van der Waals surface area contributed by atoms with Gasteiger partial charge < -0.3 is 10.2 Å². The normalized spacial score (nSPS) is 19.4. The number of halogens is 2. The summed E-state index contributed by atoms with van der Waals surface area (Å²) in [5.41, 5.74) is 1.11. The van der Waals surface area contributed by atoms with Gasteiger partial charge in [-0.3, -0.25) is 9.59 Å². The Hall–Kier alpha value is -2.05. The number of benzene rings is 2. The molecule has 1 aliphatic rings. The van der Waals surface area contributed by atoms with Crippen molar-refractivity contribution in [3.63, 3.8) is 0 Å². The molecule has 0 aliphatic carbocycles. The fraction of sp³-hybridized carbons (Fsp3) is 0.300. The first-order valence-corrected chi connectivity index (χ1v) is 10.1. The summed E-state index contributed by atoms with van der Waals surface area (Å²) < 4.78 is 13.3. The van der Waals surface area contributed by atoms with Gasteiger partial charge in [0.15, 0.2) is 0 Å². The second-order valence-corrected chi connectivity index (χ2v) is 8.13. The van der Waals surface area contributed by atoms with Crippen molar-refractivity contribution in [3.8, 4) is 0 Å². The summed E-state index contributed by atoms with van der Waals surface area (Å²) in [5, 5.41) is 2.82. The van der Waals surface area contributed by atoms with E-state index in [1.165, 1.54) is 23.9 Å². The topological polar surface area (TPSA) is 49.4 Å². The highest BCUT2D eigenvalue weighted by Gasteiger charge is 2.43. The zero-order valence-corrected chi connectivity index (χ0v) is 16.6. The van der Waals surface area contributed by atoms with Crippen molar-refractivity contribution in [1.29, 1.82) is 0 Å². The van der Waals surface area contributed by atoms with E-state index in [1.807, 2.05) is 13.8 Å². The van der Waals surface area contributed by atoms with E-state index in [0.29, 0.717) is 16.3 Å². The van der Waals surface area contributed by atoms with Crippen LogP contribution in [0.1, 0.15) is 35.1 Å². The number of hydrogen-bond donors (Lipinski definition) is 1. The average Bonchev–Trinajstić information content (AvgIpc) is 3.07. The quantitative estimate of drug-likeness (QED) is 0.825. The SMILES string of the molecule is CC(C)NC(=O)[C@@H]1CS[C@H](c2ccc(F)cc2)N1C(=O)c1ccccc1Cl. The van der Waals surface area contributed by atoms with Crippen LogP contribution in [0.4, 0.5) is 4.39 Å². The predicted octanol–water partition coefficient (Wildman–Crippen LogP) is 4.26. The lowest BCUT2D eigenvalue weighted by molar-refractivity contribution is -0.125. The Morgan fingerprint density at radius 2 is 1.85 bits per heavy atom. The molecule has 0 saturated carbocycles. The molecule has 0 aromatic heterocycles. The Kier molecular flexibility index (Phi) is 6.07. The van der Waals surface area contributed by atoms with Crippen LogP contribution in [-0.2, 0) is 4.79 Å². The highest BCUT2D eigenvalue weighted by molar-refractivity contribution is 7.99. The van der Waals surface area contributed by atoms with Gasteiger partial charge in [-0.25, -0.2) is 4.39 Å². The van der Waals surface area contributed by atoms with E-state index in [1.54, 1.807) is 41.3 Å². The van der Waals surface area contributed by atoms with Gasteiger partial charge in [0.1, 0.15) is 17.2 Å². The Labute approximate surface area is 167 Å².